The van der Waals surface area contributed by atoms with Gasteiger partial charge in [0.05, 0.1) is 0 Å². The Morgan fingerprint density at radius 3 is 2.50 bits per heavy atom. The maximum atomic E-state index is 13.7. The van der Waals surface area contributed by atoms with Crippen LogP contribution in [0.1, 0.15) is 0 Å². The molecule has 4 nitrogen and oxygen atoms in total. The fourth-order valence-electron chi connectivity index (χ4n) is 1.82. The summed E-state index contributed by atoms with van der Waals surface area (Å²) in [6.45, 7) is 0. The molecule has 3 aromatic rings. The lowest BCUT2D eigenvalue weighted by Crippen LogP contribution is -2.08. The van der Waals surface area contributed by atoms with Crippen LogP contribution in [0.15, 0.2) is 48.7 Å². The lowest BCUT2D eigenvalue weighted by Gasteiger charge is -1.99. The Hall–Kier alpha value is -2.56. The number of aromatic amines is 2. The Bertz CT molecular complexity index is 664. The van der Waals surface area contributed by atoms with Gasteiger partial charge in [-0.25, -0.2) is 0 Å². The maximum absolute atomic E-state index is 13.7. The predicted octanol–water partition coefficient (Wildman–Crippen LogP) is 2.09. The van der Waals surface area contributed by atoms with Crippen LogP contribution in [0.5, 0.6) is 0 Å². The zero-order valence-corrected chi connectivity index (χ0v) is 9.39. The van der Waals surface area contributed by atoms with Crippen molar-refractivity contribution in [3.8, 4) is 22.5 Å². The topological polar surface area (TPSA) is 55.7 Å². The number of hydrogen-bond acceptors (Lipinski definition) is 2. The number of nitrogens with zero attached hydrogens (tertiary/aromatic N) is 2. The molecule has 0 saturated carbocycles. The summed E-state index contributed by atoms with van der Waals surface area (Å²) in [5.74, 6) is -0.427. The summed E-state index contributed by atoms with van der Waals surface area (Å²) in [5, 5.41) is 10.7. The first-order valence-electron chi connectivity index (χ1n) is 5.49. The third-order valence-electron chi connectivity index (χ3n) is 2.66. The number of halogens is 1. The van der Waals surface area contributed by atoms with E-state index in [1.807, 2.05) is 30.3 Å². The first kappa shape index (κ1) is 10.6. The van der Waals surface area contributed by atoms with Gasteiger partial charge in [0, 0.05) is 11.6 Å². The molecule has 0 unspecified atom stereocenters. The Morgan fingerprint density at radius 1 is 0.944 bits per heavy atom. The third-order valence-corrected chi connectivity index (χ3v) is 2.66. The Morgan fingerprint density at radius 2 is 1.72 bits per heavy atom. The molecule has 0 spiro atoms. The van der Waals surface area contributed by atoms with E-state index in [-0.39, 0.29) is 0 Å². The van der Waals surface area contributed by atoms with Crippen LogP contribution in [-0.2, 0) is 0 Å². The average molecular weight is 241 g/mol. The molecule has 0 saturated heterocycles. The fourth-order valence-corrected chi connectivity index (χ4v) is 1.82. The largest absolute Gasteiger partial charge is 0.367 e. The molecule has 5 heteroatoms. The molecule has 0 radical (unpaired) electrons. The van der Waals surface area contributed by atoms with Gasteiger partial charge in [0.1, 0.15) is 17.0 Å². The van der Waals surface area contributed by atoms with Gasteiger partial charge in [0.2, 0.25) is 0 Å². The molecule has 88 valence electrons. The smallest absolute Gasteiger partial charge is 0.197 e. The number of H-pyrrole nitrogens is 2. The van der Waals surface area contributed by atoms with Gasteiger partial charge in [-0.3, -0.25) is 0 Å². The third kappa shape index (κ3) is 1.75. The zero-order valence-electron chi connectivity index (χ0n) is 9.39. The van der Waals surface area contributed by atoms with Crippen molar-refractivity contribution in [2.45, 2.75) is 0 Å². The summed E-state index contributed by atoms with van der Waals surface area (Å²) >= 11 is 0. The van der Waals surface area contributed by atoms with Crippen molar-refractivity contribution in [3.63, 3.8) is 0 Å². The van der Waals surface area contributed by atoms with Crippen LogP contribution < -0.4 is 4.98 Å². The molecule has 2 aromatic heterocycles. The zero-order chi connectivity index (χ0) is 12.4. The molecule has 2 heterocycles. The van der Waals surface area contributed by atoms with Gasteiger partial charge in [-0.1, -0.05) is 30.3 Å². The number of hydrogen-bond donors (Lipinski definition) is 1. The van der Waals surface area contributed by atoms with E-state index in [4.69, 9.17) is 0 Å². The molecule has 0 aliphatic rings. The second-order valence-electron chi connectivity index (χ2n) is 3.78. The monoisotopic (exact) mass is 241 g/mol. The van der Waals surface area contributed by atoms with Crippen molar-refractivity contribution in [1.82, 2.24) is 15.4 Å². The fraction of sp³-hybridized carbons (Fsp3) is 0. The normalized spacial score (nSPS) is 10.5. The van der Waals surface area contributed by atoms with E-state index >= 15 is 0 Å². The van der Waals surface area contributed by atoms with Crippen LogP contribution in [0.2, 0.25) is 0 Å². The quantitative estimate of drug-likeness (QED) is 0.698. The molecule has 0 bridgehead atoms. The number of aromatic nitrogens is 4. The highest BCUT2D eigenvalue weighted by Gasteiger charge is 2.18. The Labute approximate surface area is 103 Å². The highest BCUT2D eigenvalue weighted by atomic mass is 19.1. The second kappa shape index (κ2) is 4.37. The van der Waals surface area contributed by atoms with Crippen LogP contribution >= 0.6 is 0 Å². The summed E-state index contributed by atoms with van der Waals surface area (Å²) in [6, 6.07) is 12.9. The van der Waals surface area contributed by atoms with E-state index in [2.05, 4.69) is 20.4 Å². The molecule has 3 rings (SSSR count). The lowest BCUT2D eigenvalue weighted by atomic mass is 10.1. The van der Waals surface area contributed by atoms with E-state index in [1.54, 1.807) is 12.1 Å². The molecule has 0 atom stereocenters. The van der Waals surface area contributed by atoms with Gasteiger partial charge in [0.25, 0.3) is 0 Å². The second-order valence-corrected chi connectivity index (χ2v) is 3.78. The minimum atomic E-state index is -0.427. The summed E-state index contributed by atoms with van der Waals surface area (Å²) in [4.78, 5) is 2.52. The Balaban J connectivity index is 2.16. The summed E-state index contributed by atoms with van der Waals surface area (Å²) in [7, 11) is 0. The molecular weight excluding hydrogens is 231 g/mol. The highest BCUT2D eigenvalue weighted by Crippen LogP contribution is 2.28. The van der Waals surface area contributed by atoms with Crippen molar-refractivity contribution < 1.29 is 9.37 Å². The number of rotatable bonds is 2. The molecule has 0 aliphatic heterocycles. The standard InChI is InChI=1S/C13H9FN4/c14-13-10(7-4-8-15-13)12-11(16-18-17-12)9-5-2-1-3-6-9/h1-8H,(H,16,17,18)/p+1. The van der Waals surface area contributed by atoms with Gasteiger partial charge < -0.3 is 0 Å². The SMILES string of the molecule is Fc1[nH+]cccc1-c1n[nH]nc1-c1ccccc1. The van der Waals surface area contributed by atoms with Gasteiger partial charge in [-0.05, 0) is 6.07 Å². The molecule has 0 aliphatic carbocycles. The summed E-state index contributed by atoms with van der Waals surface area (Å²) < 4.78 is 13.7. The van der Waals surface area contributed by atoms with Gasteiger partial charge >= 0.3 is 5.95 Å². The van der Waals surface area contributed by atoms with Gasteiger partial charge in [-0.15, -0.1) is 4.39 Å². The molecular formula is C13H10FN4+. The van der Waals surface area contributed by atoms with Crippen molar-refractivity contribution in [2.24, 2.45) is 0 Å². The van der Waals surface area contributed by atoms with Crippen molar-refractivity contribution >= 4 is 0 Å². The van der Waals surface area contributed by atoms with Crippen molar-refractivity contribution in [3.05, 3.63) is 54.6 Å². The van der Waals surface area contributed by atoms with Crippen LogP contribution in [-0.4, -0.2) is 15.4 Å². The molecule has 0 amide bonds. The number of nitrogens with one attached hydrogen (secondary N) is 2. The molecule has 0 fully saturated rings. The van der Waals surface area contributed by atoms with E-state index in [0.29, 0.717) is 17.0 Å². The first-order valence-corrected chi connectivity index (χ1v) is 5.49. The van der Waals surface area contributed by atoms with Gasteiger partial charge in [0.15, 0.2) is 6.20 Å². The van der Waals surface area contributed by atoms with E-state index in [0.717, 1.165) is 5.56 Å². The van der Waals surface area contributed by atoms with Crippen LogP contribution in [0.4, 0.5) is 4.39 Å². The lowest BCUT2D eigenvalue weighted by molar-refractivity contribution is -0.420. The van der Waals surface area contributed by atoms with E-state index < -0.39 is 5.95 Å². The molecule has 2 N–H and O–H groups in total. The Kier molecular flexibility index (Phi) is 2.57. The predicted molar refractivity (Wildman–Crippen MR) is 63.8 cm³/mol. The van der Waals surface area contributed by atoms with Crippen molar-refractivity contribution in [1.29, 1.82) is 0 Å². The van der Waals surface area contributed by atoms with Gasteiger partial charge in [-0.2, -0.15) is 20.4 Å². The van der Waals surface area contributed by atoms with Crippen molar-refractivity contribution in [2.75, 3.05) is 0 Å². The van der Waals surface area contributed by atoms with Crippen LogP contribution in [0.25, 0.3) is 22.5 Å². The maximum Gasteiger partial charge on any atom is 0.367 e. The highest BCUT2D eigenvalue weighted by molar-refractivity contribution is 5.76. The minimum Gasteiger partial charge on any atom is -0.197 e. The molecule has 18 heavy (non-hydrogen) atoms. The van der Waals surface area contributed by atoms with E-state index in [9.17, 15) is 4.39 Å². The summed E-state index contributed by atoms with van der Waals surface area (Å²) in [6.07, 6.45) is 1.53. The summed E-state index contributed by atoms with van der Waals surface area (Å²) in [5.41, 5.74) is 2.42. The first-order chi connectivity index (χ1) is 8.86. The minimum absolute atomic E-state index is 0.394. The average Bonchev–Trinajstić information content (AvgIpc) is 2.89. The molecule has 1 aromatic carbocycles. The number of pyridine rings is 1. The van der Waals surface area contributed by atoms with Crippen LogP contribution in [0.3, 0.4) is 0 Å². The van der Waals surface area contributed by atoms with Crippen LogP contribution in [0, 0.1) is 5.95 Å². The number of benzene rings is 1. The van der Waals surface area contributed by atoms with E-state index in [1.165, 1.54) is 6.20 Å².